The second-order valence-corrected chi connectivity index (χ2v) is 10.3. The number of carbonyl (C=O) groups excluding carboxylic acids is 2. The first kappa shape index (κ1) is 29.2. The van der Waals surface area contributed by atoms with Crippen LogP contribution in [0.5, 0.6) is 17.2 Å². The Hall–Kier alpha value is -5.25. The van der Waals surface area contributed by atoms with E-state index in [0.717, 1.165) is 0 Å². The number of pyridine rings is 1. The number of ether oxygens (including phenoxy) is 2. The number of nitrogens with zero attached hydrogens (tertiary/aromatic N) is 3. The summed E-state index contributed by atoms with van der Waals surface area (Å²) in [6.07, 6.45) is 1.38. The summed E-state index contributed by atoms with van der Waals surface area (Å²) in [6, 6.07) is 19.9. The van der Waals surface area contributed by atoms with Gasteiger partial charge in [-0.25, -0.2) is 9.07 Å². The molecule has 5 aromatic rings. The van der Waals surface area contributed by atoms with Gasteiger partial charge in [0.05, 0.1) is 24.9 Å². The molecule has 0 aliphatic heterocycles. The first-order chi connectivity index (χ1) is 20.7. The van der Waals surface area contributed by atoms with Crippen molar-refractivity contribution in [2.45, 2.75) is 39.8 Å². The van der Waals surface area contributed by atoms with E-state index < -0.39 is 17.2 Å². The Morgan fingerprint density at radius 1 is 1.02 bits per heavy atom. The molecule has 43 heavy (non-hydrogen) atoms. The third-order valence-electron chi connectivity index (χ3n) is 7.06. The lowest BCUT2D eigenvalue weighted by Gasteiger charge is -2.18. The van der Waals surface area contributed by atoms with Gasteiger partial charge in [-0.15, -0.1) is 0 Å². The first-order valence-corrected chi connectivity index (χ1v) is 13.7. The number of nitrogens with one attached hydrogen (secondary N) is 1. The molecule has 0 saturated carbocycles. The van der Waals surface area contributed by atoms with E-state index >= 15 is 4.39 Å². The molecular weight excluding hydrogens is 551 g/mol. The van der Waals surface area contributed by atoms with Crippen LogP contribution in [0.4, 0.5) is 4.39 Å². The van der Waals surface area contributed by atoms with Gasteiger partial charge >= 0.3 is 0 Å². The van der Waals surface area contributed by atoms with E-state index in [9.17, 15) is 14.4 Å². The molecule has 0 aliphatic carbocycles. The van der Waals surface area contributed by atoms with E-state index in [1.807, 2.05) is 13.0 Å². The second-order valence-electron chi connectivity index (χ2n) is 10.3. The lowest BCUT2D eigenvalue weighted by Crippen LogP contribution is -2.36. The number of hydrogen-bond acceptors (Lipinski definition) is 6. The summed E-state index contributed by atoms with van der Waals surface area (Å²) in [5, 5.41) is 3.50. The van der Waals surface area contributed by atoms with Crippen molar-refractivity contribution < 1.29 is 23.5 Å². The van der Waals surface area contributed by atoms with Crippen molar-refractivity contribution in [2.75, 3.05) is 7.11 Å². The van der Waals surface area contributed by atoms with E-state index in [0.29, 0.717) is 39.3 Å². The van der Waals surface area contributed by atoms with Crippen molar-refractivity contribution in [2.24, 2.45) is 0 Å². The summed E-state index contributed by atoms with van der Waals surface area (Å²) in [4.78, 5) is 43.1. The van der Waals surface area contributed by atoms with Gasteiger partial charge in [0.25, 0.3) is 5.56 Å². The van der Waals surface area contributed by atoms with Crippen LogP contribution in [0.1, 0.15) is 35.5 Å². The Balaban J connectivity index is 1.42. The lowest BCUT2D eigenvalue weighted by atomic mass is 10.0. The van der Waals surface area contributed by atoms with Gasteiger partial charge in [0.2, 0.25) is 5.91 Å². The number of aromatic nitrogens is 3. The largest absolute Gasteiger partial charge is 0.497 e. The number of methoxy groups -OCH3 is 1. The number of benzene rings is 3. The fourth-order valence-electron chi connectivity index (χ4n) is 5.11. The molecule has 1 amide bonds. The van der Waals surface area contributed by atoms with Crippen LogP contribution < -0.4 is 20.3 Å². The fraction of sp³-hybridized carbons (Fsp3) is 0.212. The maximum Gasteiger partial charge on any atom is 0.282 e. The maximum atomic E-state index is 15.2. The highest BCUT2D eigenvalue weighted by atomic mass is 19.1. The van der Waals surface area contributed by atoms with Crippen LogP contribution in [0.3, 0.4) is 0 Å². The standard InChI is InChI=1S/C33H31FN4O5/c1-20(36-22(3)39)19-37-21(2)32(33(41)38(37)24-8-6-5-7-9-24)29(40)17-23-10-13-31(27(34)16-23)43-30-14-15-35-28-18-25(42-4)11-12-26(28)30/h5-16,18,20H,17,19H2,1-4H3,(H,36,39)/t20-/m0/s1. The molecule has 3 aromatic carbocycles. The third-order valence-corrected chi connectivity index (χ3v) is 7.06. The summed E-state index contributed by atoms with van der Waals surface area (Å²) >= 11 is 0. The molecule has 2 heterocycles. The Morgan fingerprint density at radius 3 is 2.49 bits per heavy atom. The topological polar surface area (TPSA) is 104 Å². The van der Waals surface area contributed by atoms with Crippen molar-refractivity contribution in [3.05, 3.63) is 112 Å². The van der Waals surface area contributed by atoms with E-state index in [2.05, 4.69) is 10.3 Å². The minimum absolute atomic E-state index is 0.0123. The number of para-hydroxylation sites is 1. The van der Waals surface area contributed by atoms with E-state index in [1.54, 1.807) is 79.5 Å². The van der Waals surface area contributed by atoms with Crippen molar-refractivity contribution in [3.63, 3.8) is 0 Å². The molecule has 0 fully saturated rings. The Labute approximate surface area is 247 Å². The summed E-state index contributed by atoms with van der Waals surface area (Å²) in [7, 11) is 1.56. The van der Waals surface area contributed by atoms with Crippen molar-refractivity contribution >= 4 is 22.6 Å². The molecule has 0 bridgehead atoms. The van der Waals surface area contributed by atoms with Crippen LogP contribution >= 0.6 is 0 Å². The smallest absolute Gasteiger partial charge is 0.282 e. The highest BCUT2D eigenvalue weighted by Gasteiger charge is 2.25. The zero-order chi connectivity index (χ0) is 30.7. The monoisotopic (exact) mass is 582 g/mol. The number of halogens is 1. The highest BCUT2D eigenvalue weighted by Crippen LogP contribution is 2.32. The van der Waals surface area contributed by atoms with Gasteiger partial charge in [-0.1, -0.05) is 24.3 Å². The molecule has 0 saturated heterocycles. The zero-order valence-electron chi connectivity index (χ0n) is 24.3. The molecule has 1 N–H and O–H groups in total. The number of amides is 1. The number of ketones is 1. The maximum absolute atomic E-state index is 15.2. The summed E-state index contributed by atoms with van der Waals surface area (Å²) < 4.78 is 29.5. The Bertz CT molecular complexity index is 1880. The zero-order valence-corrected chi connectivity index (χ0v) is 24.3. The minimum Gasteiger partial charge on any atom is -0.497 e. The molecule has 220 valence electrons. The second kappa shape index (κ2) is 12.3. The van der Waals surface area contributed by atoms with Crippen LogP contribution in [0.15, 0.2) is 83.8 Å². The molecule has 2 aromatic heterocycles. The number of hydrogen-bond donors (Lipinski definition) is 1. The Kier molecular flexibility index (Phi) is 8.38. The molecule has 0 spiro atoms. The van der Waals surface area contributed by atoms with Gasteiger partial charge in [-0.3, -0.25) is 24.0 Å². The molecule has 0 unspecified atom stereocenters. The average molecular weight is 583 g/mol. The molecule has 0 radical (unpaired) electrons. The summed E-state index contributed by atoms with van der Waals surface area (Å²) in [6.45, 7) is 5.20. The quantitative estimate of drug-likeness (QED) is 0.222. The lowest BCUT2D eigenvalue weighted by molar-refractivity contribution is -0.119. The van der Waals surface area contributed by atoms with Crippen LogP contribution in [-0.2, 0) is 17.8 Å². The van der Waals surface area contributed by atoms with Crippen molar-refractivity contribution in [3.8, 4) is 22.9 Å². The van der Waals surface area contributed by atoms with Gasteiger partial charge in [-0.05, 0) is 61.9 Å². The van der Waals surface area contributed by atoms with Gasteiger partial charge in [0.15, 0.2) is 17.3 Å². The SMILES string of the molecule is COc1ccc2c(Oc3ccc(CC(=O)c4c(C)n(C[C@H](C)NC(C)=O)n(-c5ccccc5)c4=O)cc3F)ccnc2c1. The van der Waals surface area contributed by atoms with Gasteiger partial charge in [-0.2, -0.15) is 0 Å². The number of rotatable bonds is 10. The third kappa shape index (κ3) is 6.18. The Morgan fingerprint density at radius 2 is 1.79 bits per heavy atom. The van der Waals surface area contributed by atoms with Gasteiger partial charge in [0, 0.05) is 42.7 Å². The fourth-order valence-corrected chi connectivity index (χ4v) is 5.11. The summed E-state index contributed by atoms with van der Waals surface area (Å²) in [5.74, 6) is -0.249. The van der Waals surface area contributed by atoms with E-state index in [1.165, 1.54) is 23.7 Å². The molecular formula is C33H31FN4O5. The summed E-state index contributed by atoms with van der Waals surface area (Å²) in [5.41, 5.74) is 1.60. The average Bonchev–Trinajstić information content (AvgIpc) is 3.22. The van der Waals surface area contributed by atoms with Gasteiger partial charge < -0.3 is 14.8 Å². The highest BCUT2D eigenvalue weighted by molar-refractivity contribution is 5.98. The number of fused-ring (bicyclic) bond motifs is 1. The van der Waals surface area contributed by atoms with Gasteiger partial charge in [0.1, 0.15) is 17.1 Å². The normalized spacial score (nSPS) is 11.7. The molecule has 1 atom stereocenters. The minimum atomic E-state index is -0.649. The molecule has 0 aliphatic rings. The van der Waals surface area contributed by atoms with Crippen molar-refractivity contribution in [1.82, 2.24) is 19.7 Å². The molecule has 9 nitrogen and oxygen atoms in total. The molecule has 5 rings (SSSR count). The van der Waals surface area contributed by atoms with Crippen LogP contribution in [-0.4, -0.2) is 39.2 Å². The first-order valence-electron chi connectivity index (χ1n) is 13.7. The van der Waals surface area contributed by atoms with E-state index in [4.69, 9.17) is 9.47 Å². The predicted octanol–water partition coefficient (Wildman–Crippen LogP) is 5.39. The number of Topliss-reactive ketones (excluding diaryl/α,β-unsaturated/α-hetero) is 1. The van der Waals surface area contributed by atoms with E-state index in [-0.39, 0.29) is 36.2 Å². The molecule has 10 heteroatoms. The van der Waals surface area contributed by atoms with Crippen LogP contribution in [0.2, 0.25) is 0 Å². The van der Waals surface area contributed by atoms with Crippen LogP contribution in [0.25, 0.3) is 16.6 Å². The predicted molar refractivity (Wildman–Crippen MR) is 161 cm³/mol. The van der Waals surface area contributed by atoms with Crippen molar-refractivity contribution in [1.29, 1.82) is 0 Å². The number of carbonyl (C=O) groups is 2. The van der Waals surface area contributed by atoms with Crippen LogP contribution in [0, 0.1) is 12.7 Å².